The number of carboxylic acids is 1. The molecule has 3 rings (SSSR count). The molecular formula is C14H22N4O2. The van der Waals surface area contributed by atoms with Gasteiger partial charge in [0.15, 0.2) is 0 Å². The first kappa shape index (κ1) is 13.6. The summed E-state index contributed by atoms with van der Waals surface area (Å²) < 4.78 is 2.14. The molecule has 0 spiro atoms. The van der Waals surface area contributed by atoms with Crippen LogP contribution >= 0.6 is 0 Å². The molecule has 1 unspecified atom stereocenters. The van der Waals surface area contributed by atoms with Crippen LogP contribution in [0.25, 0.3) is 0 Å². The lowest BCUT2D eigenvalue weighted by atomic mass is 9.92. The van der Waals surface area contributed by atoms with E-state index in [4.69, 9.17) is 0 Å². The number of hydrogen-bond acceptors (Lipinski definition) is 4. The lowest BCUT2D eigenvalue weighted by molar-refractivity contribution is -0.147. The van der Waals surface area contributed by atoms with E-state index >= 15 is 0 Å². The Bertz CT molecular complexity index is 497. The fraction of sp³-hybridized carbons (Fsp3) is 0.714. The fourth-order valence-corrected chi connectivity index (χ4v) is 3.25. The van der Waals surface area contributed by atoms with Gasteiger partial charge in [-0.05, 0) is 25.3 Å². The highest BCUT2D eigenvalue weighted by atomic mass is 16.4. The van der Waals surface area contributed by atoms with E-state index < -0.39 is 11.5 Å². The van der Waals surface area contributed by atoms with Gasteiger partial charge in [-0.25, -0.2) is 4.98 Å². The molecule has 0 bridgehead atoms. The first-order valence-corrected chi connectivity index (χ1v) is 7.36. The van der Waals surface area contributed by atoms with Crippen molar-refractivity contribution in [1.29, 1.82) is 0 Å². The van der Waals surface area contributed by atoms with E-state index in [0.29, 0.717) is 13.1 Å². The third-order valence-electron chi connectivity index (χ3n) is 4.45. The average molecular weight is 278 g/mol. The van der Waals surface area contributed by atoms with Gasteiger partial charge in [-0.15, -0.1) is 0 Å². The van der Waals surface area contributed by atoms with E-state index in [9.17, 15) is 9.90 Å². The Morgan fingerprint density at radius 1 is 1.55 bits per heavy atom. The highest BCUT2D eigenvalue weighted by Gasteiger charge is 2.51. The zero-order valence-electron chi connectivity index (χ0n) is 11.9. The van der Waals surface area contributed by atoms with E-state index in [1.165, 1.54) is 0 Å². The van der Waals surface area contributed by atoms with E-state index in [1.54, 1.807) is 0 Å². The molecule has 2 heterocycles. The molecule has 6 nitrogen and oxygen atoms in total. The molecule has 1 atom stereocenters. The molecule has 0 aromatic carbocycles. The molecule has 1 saturated carbocycles. The van der Waals surface area contributed by atoms with Crippen LogP contribution < -0.4 is 5.32 Å². The van der Waals surface area contributed by atoms with Crippen molar-refractivity contribution in [2.75, 3.05) is 19.6 Å². The van der Waals surface area contributed by atoms with E-state index in [0.717, 1.165) is 38.3 Å². The Hall–Kier alpha value is -1.40. The fourth-order valence-electron chi connectivity index (χ4n) is 3.25. The molecule has 0 saturated heterocycles. The summed E-state index contributed by atoms with van der Waals surface area (Å²) in [6.45, 7) is 5.74. The van der Waals surface area contributed by atoms with Gasteiger partial charge in [0.05, 0.1) is 6.54 Å². The highest BCUT2D eigenvalue weighted by molar-refractivity contribution is 5.80. The van der Waals surface area contributed by atoms with E-state index in [1.807, 2.05) is 19.3 Å². The normalized spacial score (nSPS) is 22.2. The number of hydrogen-bond donors (Lipinski definition) is 2. The predicted octanol–water partition coefficient (Wildman–Crippen LogP) is 0.542. The number of carbonyl (C=O) groups is 1. The van der Waals surface area contributed by atoms with Crippen LogP contribution in [-0.4, -0.2) is 50.7 Å². The smallest absolute Gasteiger partial charge is 0.325 e. The minimum Gasteiger partial charge on any atom is -0.480 e. The zero-order valence-corrected chi connectivity index (χ0v) is 11.9. The largest absolute Gasteiger partial charge is 0.480 e. The number of carboxylic acid groups (broad SMARTS) is 1. The van der Waals surface area contributed by atoms with Crippen molar-refractivity contribution in [3.8, 4) is 0 Å². The number of nitrogens with one attached hydrogen (secondary N) is 1. The minimum atomic E-state index is -0.788. The number of likely N-dealkylation sites (N-methyl/N-ethyl adjacent to an activating group) is 1. The maximum atomic E-state index is 11.9. The standard InChI is InChI=1S/C14H22N4O2/c1-2-16-14(13(19)20,11-3-4-11)10-17-7-8-18-6-5-15-12(18)9-17/h5-6,11,16H,2-4,7-10H2,1H3,(H,19,20). The molecule has 1 aromatic heterocycles. The molecular weight excluding hydrogens is 256 g/mol. The van der Waals surface area contributed by atoms with Crippen molar-refractivity contribution >= 4 is 5.97 Å². The number of imidazole rings is 1. The number of rotatable bonds is 6. The molecule has 1 fully saturated rings. The van der Waals surface area contributed by atoms with E-state index in [2.05, 4.69) is 19.8 Å². The Labute approximate surface area is 118 Å². The maximum absolute atomic E-state index is 11.9. The molecule has 1 aliphatic carbocycles. The van der Waals surface area contributed by atoms with Crippen LogP contribution in [0.4, 0.5) is 0 Å². The summed E-state index contributed by atoms with van der Waals surface area (Å²) >= 11 is 0. The van der Waals surface area contributed by atoms with Gasteiger partial charge in [-0.2, -0.15) is 0 Å². The third-order valence-corrected chi connectivity index (χ3v) is 4.45. The lowest BCUT2D eigenvalue weighted by Crippen LogP contribution is -2.61. The zero-order chi connectivity index (χ0) is 14.2. The van der Waals surface area contributed by atoms with Crippen LogP contribution in [0.1, 0.15) is 25.6 Å². The van der Waals surface area contributed by atoms with Gasteiger partial charge in [0.1, 0.15) is 11.4 Å². The Kier molecular flexibility index (Phi) is 3.52. The first-order chi connectivity index (χ1) is 9.65. The number of aliphatic carboxylic acids is 1. The average Bonchev–Trinajstić information content (AvgIpc) is 3.17. The predicted molar refractivity (Wildman–Crippen MR) is 74.3 cm³/mol. The molecule has 1 aliphatic heterocycles. The molecule has 20 heavy (non-hydrogen) atoms. The molecule has 2 aliphatic rings. The molecule has 110 valence electrons. The van der Waals surface area contributed by atoms with Gasteiger partial charge < -0.3 is 15.0 Å². The second-order valence-corrected chi connectivity index (χ2v) is 5.83. The summed E-state index contributed by atoms with van der Waals surface area (Å²) in [6.07, 6.45) is 5.83. The second-order valence-electron chi connectivity index (χ2n) is 5.83. The third kappa shape index (κ3) is 2.33. The molecule has 2 N–H and O–H groups in total. The highest BCUT2D eigenvalue weighted by Crippen LogP contribution is 2.40. The van der Waals surface area contributed by atoms with Crippen molar-refractivity contribution in [1.82, 2.24) is 19.8 Å². The van der Waals surface area contributed by atoms with Crippen molar-refractivity contribution in [2.24, 2.45) is 5.92 Å². The summed E-state index contributed by atoms with van der Waals surface area (Å²) in [7, 11) is 0. The van der Waals surface area contributed by atoms with Crippen molar-refractivity contribution in [3.63, 3.8) is 0 Å². The van der Waals surface area contributed by atoms with Crippen LogP contribution in [0.5, 0.6) is 0 Å². The van der Waals surface area contributed by atoms with Crippen LogP contribution in [-0.2, 0) is 17.9 Å². The van der Waals surface area contributed by atoms with Crippen LogP contribution in [0.15, 0.2) is 12.4 Å². The van der Waals surface area contributed by atoms with E-state index in [-0.39, 0.29) is 5.92 Å². The molecule has 1 aromatic rings. The lowest BCUT2D eigenvalue weighted by Gasteiger charge is -2.37. The van der Waals surface area contributed by atoms with Crippen molar-refractivity contribution in [3.05, 3.63) is 18.2 Å². The first-order valence-electron chi connectivity index (χ1n) is 7.36. The molecule has 0 radical (unpaired) electrons. The quantitative estimate of drug-likeness (QED) is 0.795. The number of nitrogens with zero attached hydrogens (tertiary/aromatic N) is 3. The number of fused-ring (bicyclic) bond motifs is 1. The number of aromatic nitrogens is 2. The SMILES string of the molecule is CCNC(CN1CCn2ccnc2C1)(C(=O)O)C1CC1. The maximum Gasteiger partial charge on any atom is 0.325 e. The van der Waals surface area contributed by atoms with Gasteiger partial charge >= 0.3 is 5.97 Å². The van der Waals surface area contributed by atoms with Gasteiger partial charge in [0, 0.05) is 32.0 Å². The van der Waals surface area contributed by atoms with Crippen molar-refractivity contribution < 1.29 is 9.90 Å². The Balaban J connectivity index is 1.75. The molecule has 6 heteroatoms. The Morgan fingerprint density at radius 2 is 2.35 bits per heavy atom. The second kappa shape index (κ2) is 5.18. The summed E-state index contributed by atoms with van der Waals surface area (Å²) in [5.74, 6) is 0.584. The van der Waals surface area contributed by atoms with Crippen LogP contribution in [0.2, 0.25) is 0 Å². The van der Waals surface area contributed by atoms with Gasteiger partial charge in [-0.3, -0.25) is 9.69 Å². The summed E-state index contributed by atoms with van der Waals surface area (Å²) in [6, 6.07) is 0. The monoisotopic (exact) mass is 278 g/mol. The van der Waals surface area contributed by atoms with Crippen LogP contribution in [0.3, 0.4) is 0 Å². The van der Waals surface area contributed by atoms with Gasteiger partial charge in [-0.1, -0.05) is 6.92 Å². The topological polar surface area (TPSA) is 70.4 Å². The minimum absolute atomic E-state index is 0.265. The summed E-state index contributed by atoms with van der Waals surface area (Å²) in [5.41, 5.74) is -0.788. The molecule has 0 amide bonds. The van der Waals surface area contributed by atoms with Crippen LogP contribution in [0, 0.1) is 5.92 Å². The van der Waals surface area contributed by atoms with Crippen molar-refractivity contribution in [2.45, 2.75) is 38.4 Å². The summed E-state index contributed by atoms with van der Waals surface area (Å²) in [4.78, 5) is 18.4. The Morgan fingerprint density at radius 3 is 3.00 bits per heavy atom. The van der Waals surface area contributed by atoms with Gasteiger partial charge in [0.2, 0.25) is 0 Å². The summed E-state index contributed by atoms with van der Waals surface area (Å²) in [5, 5.41) is 13.0. The van der Waals surface area contributed by atoms with Gasteiger partial charge in [0.25, 0.3) is 0 Å².